The van der Waals surface area contributed by atoms with Crippen LogP contribution < -0.4 is 16.8 Å². The number of likely N-dealkylation sites (tertiary alicyclic amines) is 1. The molecular weight excluding hydrogens is 316 g/mol. The minimum absolute atomic E-state index is 0.135. The summed E-state index contributed by atoms with van der Waals surface area (Å²) in [5.41, 5.74) is 14.8. The number of nitrogens with one attached hydrogen (secondary N) is 1. The highest BCUT2D eigenvalue weighted by Crippen LogP contribution is 2.17. The van der Waals surface area contributed by atoms with E-state index in [0.29, 0.717) is 18.1 Å². The maximum Gasteiger partial charge on any atom is 0.244 e. The van der Waals surface area contributed by atoms with Crippen molar-refractivity contribution in [1.82, 2.24) is 15.1 Å². The van der Waals surface area contributed by atoms with Gasteiger partial charge in [0.05, 0.1) is 6.54 Å². The zero-order valence-corrected chi connectivity index (χ0v) is 14.7. The van der Waals surface area contributed by atoms with Crippen molar-refractivity contribution >= 4 is 11.7 Å². The maximum atomic E-state index is 12.0. The molecule has 0 spiro atoms. The van der Waals surface area contributed by atoms with Crippen molar-refractivity contribution < 1.29 is 4.79 Å². The Balaban J connectivity index is 1.75. The third-order valence-electron chi connectivity index (χ3n) is 4.66. The van der Waals surface area contributed by atoms with E-state index in [-0.39, 0.29) is 18.3 Å². The molecule has 1 amide bonds. The van der Waals surface area contributed by atoms with E-state index in [1.165, 1.54) is 31.5 Å². The molecule has 7 nitrogen and oxygen atoms in total. The quantitative estimate of drug-likeness (QED) is 0.529. The van der Waals surface area contributed by atoms with Gasteiger partial charge in [-0.1, -0.05) is 24.3 Å². The van der Waals surface area contributed by atoms with Gasteiger partial charge >= 0.3 is 0 Å². The molecule has 7 heteroatoms. The molecule has 0 bridgehead atoms. The fraction of sp³-hybridized carbons (Fsp3) is 0.444. The van der Waals surface area contributed by atoms with Gasteiger partial charge in [-0.25, -0.2) is 0 Å². The molecule has 5 N–H and O–H groups in total. The van der Waals surface area contributed by atoms with E-state index < -0.39 is 0 Å². The summed E-state index contributed by atoms with van der Waals surface area (Å²) in [6.45, 7) is 4.09. The molecule has 134 valence electrons. The summed E-state index contributed by atoms with van der Waals surface area (Å²) in [6, 6.07) is 8.46. The third-order valence-corrected chi connectivity index (χ3v) is 4.66. The van der Waals surface area contributed by atoms with E-state index in [1.807, 2.05) is 4.90 Å². The van der Waals surface area contributed by atoms with Crippen LogP contribution in [-0.4, -0.2) is 48.2 Å². The Hall–Kier alpha value is -2.54. The highest BCUT2D eigenvalue weighted by Gasteiger charge is 2.25. The lowest BCUT2D eigenvalue weighted by atomic mass is 10.1. The summed E-state index contributed by atoms with van der Waals surface area (Å²) >= 11 is 0. The van der Waals surface area contributed by atoms with Crippen LogP contribution in [0.5, 0.6) is 0 Å². The monoisotopic (exact) mass is 342 g/mol. The zero-order chi connectivity index (χ0) is 17.8. The summed E-state index contributed by atoms with van der Waals surface area (Å²) in [7, 11) is 1.57. The Morgan fingerprint density at radius 3 is 2.60 bits per heavy atom. The first-order chi connectivity index (χ1) is 12.1. The molecule has 2 heterocycles. The smallest absolute Gasteiger partial charge is 0.244 e. The van der Waals surface area contributed by atoms with Crippen LogP contribution in [0.4, 0.5) is 0 Å². The second-order valence-corrected chi connectivity index (χ2v) is 6.58. The highest BCUT2D eigenvalue weighted by atomic mass is 16.2. The first-order valence-corrected chi connectivity index (χ1v) is 8.64. The van der Waals surface area contributed by atoms with Gasteiger partial charge in [0.15, 0.2) is 0 Å². The summed E-state index contributed by atoms with van der Waals surface area (Å²) < 4.78 is 0. The molecular formula is C18H26N6O. The normalized spacial score (nSPS) is 19.5. The molecule has 1 aromatic rings. The summed E-state index contributed by atoms with van der Waals surface area (Å²) in [5, 5.41) is 2.70. The van der Waals surface area contributed by atoms with Gasteiger partial charge in [0, 0.05) is 20.1 Å². The molecule has 0 aromatic heterocycles. The molecule has 0 radical (unpaired) electrons. The standard InChI is InChI=1S/C18H26N6O/c1-21-17(19)16-18(20)24(12-15(25)22-16)11-14-6-4-5-13(9-14)10-23-7-2-3-8-23/h4-6,9H,2-3,7-8,10-12,20H2,1H3,(H2,19,21)(H,22,25). The average molecular weight is 342 g/mol. The molecule has 3 rings (SSSR count). The van der Waals surface area contributed by atoms with Crippen LogP contribution in [0.2, 0.25) is 0 Å². The van der Waals surface area contributed by atoms with Crippen LogP contribution >= 0.6 is 0 Å². The highest BCUT2D eigenvalue weighted by molar-refractivity contribution is 6.01. The number of rotatable bonds is 5. The number of benzene rings is 1. The van der Waals surface area contributed by atoms with E-state index >= 15 is 0 Å². The predicted octanol–water partition coefficient (Wildman–Crippen LogP) is 0.329. The second-order valence-electron chi connectivity index (χ2n) is 6.58. The van der Waals surface area contributed by atoms with Crippen molar-refractivity contribution in [1.29, 1.82) is 0 Å². The minimum atomic E-state index is -0.135. The van der Waals surface area contributed by atoms with Gasteiger partial charge in [-0.15, -0.1) is 0 Å². The van der Waals surface area contributed by atoms with E-state index in [0.717, 1.165) is 12.1 Å². The molecule has 2 aliphatic rings. The van der Waals surface area contributed by atoms with Crippen LogP contribution in [-0.2, 0) is 17.9 Å². The fourth-order valence-electron chi connectivity index (χ4n) is 3.35. The second kappa shape index (κ2) is 7.57. The Morgan fingerprint density at radius 2 is 1.92 bits per heavy atom. The molecule has 0 aliphatic carbocycles. The number of amidine groups is 1. The molecule has 2 aliphatic heterocycles. The van der Waals surface area contributed by atoms with Gasteiger partial charge in [0.1, 0.15) is 17.4 Å². The number of hydrogen-bond acceptors (Lipinski definition) is 5. The SMILES string of the molecule is CN=C(N)C1=C(N)N(Cc2cccc(CN3CCCC3)c2)CC(=O)N1. The number of amides is 1. The number of carbonyl (C=O) groups is 1. The Bertz CT molecular complexity index is 705. The number of hydrogen-bond donors (Lipinski definition) is 3. The van der Waals surface area contributed by atoms with E-state index in [2.05, 4.69) is 39.5 Å². The summed E-state index contributed by atoms with van der Waals surface area (Å²) in [5.74, 6) is 0.551. The van der Waals surface area contributed by atoms with Gasteiger partial charge in [-0.2, -0.15) is 0 Å². The van der Waals surface area contributed by atoms with Crippen molar-refractivity contribution in [2.75, 3.05) is 26.7 Å². The van der Waals surface area contributed by atoms with Crippen molar-refractivity contribution in [2.24, 2.45) is 16.5 Å². The lowest BCUT2D eigenvalue weighted by Gasteiger charge is -2.31. The average Bonchev–Trinajstić information content (AvgIpc) is 3.10. The molecule has 1 aromatic carbocycles. The predicted molar refractivity (Wildman–Crippen MR) is 98.3 cm³/mol. The van der Waals surface area contributed by atoms with Gasteiger partial charge in [0.2, 0.25) is 5.91 Å². The minimum Gasteiger partial charge on any atom is -0.384 e. The molecule has 0 unspecified atom stereocenters. The van der Waals surface area contributed by atoms with E-state index in [4.69, 9.17) is 11.5 Å². The Morgan fingerprint density at radius 1 is 1.24 bits per heavy atom. The number of nitrogens with zero attached hydrogens (tertiary/aromatic N) is 3. The maximum absolute atomic E-state index is 12.0. The largest absolute Gasteiger partial charge is 0.384 e. The van der Waals surface area contributed by atoms with Crippen LogP contribution in [0.15, 0.2) is 40.8 Å². The fourth-order valence-corrected chi connectivity index (χ4v) is 3.35. The van der Waals surface area contributed by atoms with Gasteiger partial charge in [-0.05, 0) is 37.1 Å². The number of carbonyl (C=O) groups excluding carboxylic acids is 1. The van der Waals surface area contributed by atoms with Crippen molar-refractivity contribution in [2.45, 2.75) is 25.9 Å². The summed E-state index contributed by atoms with van der Waals surface area (Å²) in [6.07, 6.45) is 2.57. The number of nitrogens with two attached hydrogens (primary N) is 2. The summed E-state index contributed by atoms with van der Waals surface area (Å²) in [4.78, 5) is 20.2. The Labute approximate surface area is 148 Å². The van der Waals surface area contributed by atoms with E-state index in [1.54, 1.807) is 7.05 Å². The third kappa shape index (κ3) is 4.11. The van der Waals surface area contributed by atoms with Gasteiger partial charge in [-0.3, -0.25) is 14.7 Å². The van der Waals surface area contributed by atoms with Gasteiger partial charge < -0.3 is 21.7 Å². The van der Waals surface area contributed by atoms with Gasteiger partial charge in [0.25, 0.3) is 0 Å². The molecule has 0 atom stereocenters. The number of aliphatic imine (C=N–C) groups is 1. The van der Waals surface area contributed by atoms with Crippen molar-refractivity contribution in [3.05, 3.63) is 46.9 Å². The molecule has 1 saturated heterocycles. The van der Waals surface area contributed by atoms with E-state index in [9.17, 15) is 4.79 Å². The van der Waals surface area contributed by atoms with Crippen LogP contribution in [0.3, 0.4) is 0 Å². The Kier molecular flexibility index (Phi) is 5.23. The van der Waals surface area contributed by atoms with Crippen LogP contribution in [0, 0.1) is 0 Å². The molecule has 1 fully saturated rings. The lowest BCUT2D eigenvalue weighted by molar-refractivity contribution is -0.122. The van der Waals surface area contributed by atoms with Crippen LogP contribution in [0.25, 0.3) is 0 Å². The zero-order valence-electron chi connectivity index (χ0n) is 14.7. The first kappa shape index (κ1) is 17.3. The molecule has 25 heavy (non-hydrogen) atoms. The first-order valence-electron chi connectivity index (χ1n) is 8.64. The lowest BCUT2D eigenvalue weighted by Crippen LogP contribution is -2.48. The topological polar surface area (TPSA) is 100.0 Å². The molecule has 0 saturated carbocycles. The van der Waals surface area contributed by atoms with Crippen molar-refractivity contribution in [3.8, 4) is 0 Å². The van der Waals surface area contributed by atoms with Crippen LogP contribution in [0.1, 0.15) is 24.0 Å². The van der Waals surface area contributed by atoms with Crippen molar-refractivity contribution in [3.63, 3.8) is 0 Å².